The van der Waals surface area contributed by atoms with Gasteiger partial charge in [0.15, 0.2) is 5.96 Å². The van der Waals surface area contributed by atoms with Crippen LogP contribution in [0, 0.1) is 13.8 Å². The van der Waals surface area contributed by atoms with Crippen LogP contribution in [0.15, 0.2) is 4.99 Å². The van der Waals surface area contributed by atoms with Gasteiger partial charge in [-0.1, -0.05) is 6.92 Å². The van der Waals surface area contributed by atoms with Crippen LogP contribution < -0.4 is 10.6 Å². The molecule has 1 aromatic rings. The second-order valence-electron chi connectivity index (χ2n) is 6.05. The van der Waals surface area contributed by atoms with Crippen LogP contribution >= 0.6 is 11.3 Å². The van der Waals surface area contributed by atoms with E-state index in [4.69, 9.17) is 4.99 Å². The minimum Gasteiger partial charge on any atom is -0.357 e. The highest BCUT2D eigenvalue weighted by molar-refractivity contribution is 7.11. The van der Waals surface area contributed by atoms with Crippen LogP contribution in [-0.4, -0.2) is 54.6 Å². The topological polar surface area (TPSA) is 52.6 Å². The van der Waals surface area contributed by atoms with Crippen molar-refractivity contribution < 1.29 is 0 Å². The van der Waals surface area contributed by atoms with Gasteiger partial charge in [-0.3, -0.25) is 9.89 Å². The Labute approximate surface area is 144 Å². The Bertz CT molecular complexity index is 488. The summed E-state index contributed by atoms with van der Waals surface area (Å²) in [5, 5.41) is 7.95. The standard InChI is InChI=1S/C17H31N5S/c1-5-18-17(20-11-12-22(6-2)15-7-8-15)19-10-9-16-21-13(3)14(4)23-16/h15H,5-12H2,1-4H3,(H2,18,19,20). The maximum absolute atomic E-state index is 4.70. The van der Waals surface area contributed by atoms with Gasteiger partial charge in [0.25, 0.3) is 0 Å². The van der Waals surface area contributed by atoms with Crippen LogP contribution in [0.2, 0.25) is 0 Å². The molecule has 130 valence electrons. The fourth-order valence-electron chi connectivity index (χ4n) is 2.60. The number of nitrogens with zero attached hydrogens (tertiary/aromatic N) is 3. The number of rotatable bonds is 9. The van der Waals surface area contributed by atoms with Crippen LogP contribution in [0.1, 0.15) is 42.3 Å². The lowest BCUT2D eigenvalue weighted by Crippen LogP contribution is -2.39. The Hall–Kier alpha value is -1.14. The van der Waals surface area contributed by atoms with E-state index >= 15 is 0 Å². The number of hydrogen-bond donors (Lipinski definition) is 2. The summed E-state index contributed by atoms with van der Waals surface area (Å²) in [5.74, 6) is 0.921. The lowest BCUT2D eigenvalue weighted by atomic mass is 10.4. The van der Waals surface area contributed by atoms with Crippen molar-refractivity contribution >= 4 is 17.3 Å². The van der Waals surface area contributed by atoms with Crippen molar-refractivity contribution in [1.82, 2.24) is 20.5 Å². The number of aromatic nitrogens is 1. The number of aryl methyl sites for hydroxylation is 2. The van der Waals surface area contributed by atoms with Crippen molar-refractivity contribution in [3.8, 4) is 0 Å². The highest BCUT2D eigenvalue weighted by Crippen LogP contribution is 2.25. The number of nitrogens with one attached hydrogen (secondary N) is 2. The maximum Gasteiger partial charge on any atom is 0.191 e. The predicted octanol–water partition coefficient (Wildman–Crippen LogP) is 2.34. The summed E-state index contributed by atoms with van der Waals surface area (Å²) in [5.41, 5.74) is 1.16. The van der Waals surface area contributed by atoms with Crippen LogP contribution in [0.4, 0.5) is 0 Å². The van der Waals surface area contributed by atoms with E-state index in [1.165, 1.54) is 22.7 Å². The third kappa shape index (κ3) is 6.11. The van der Waals surface area contributed by atoms with Gasteiger partial charge in [-0.05, 0) is 40.2 Å². The SMILES string of the molecule is CCNC(=NCCN(CC)C1CC1)NCCc1nc(C)c(C)s1. The highest BCUT2D eigenvalue weighted by Gasteiger charge is 2.27. The molecule has 2 rings (SSSR count). The average Bonchev–Trinajstić information content (AvgIpc) is 3.31. The van der Waals surface area contributed by atoms with Gasteiger partial charge in [0.1, 0.15) is 0 Å². The second-order valence-corrected chi connectivity index (χ2v) is 7.33. The Kier molecular flexibility index (Phi) is 7.30. The molecule has 0 unspecified atom stereocenters. The normalized spacial score (nSPS) is 15.3. The largest absolute Gasteiger partial charge is 0.357 e. The zero-order valence-corrected chi connectivity index (χ0v) is 15.8. The number of thiazole rings is 1. The molecule has 1 heterocycles. The third-order valence-electron chi connectivity index (χ3n) is 4.17. The van der Waals surface area contributed by atoms with Crippen molar-refractivity contribution in [3.05, 3.63) is 15.6 Å². The Balaban J connectivity index is 1.74. The monoisotopic (exact) mass is 337 g/mol. The molecule has 1 fully saturated rings. The smallest absolute Gasteiger partial charge is 0.191 e. The highest BCUT2D eigenvalue weighted by atomic mass is 32.1. The number of hydrogen-bond acceptors (Lipinski definition) is 4. The van der Waals surface area contributed by atoms with E-state index in [0.717, 1.165) is 56.8 Å². The van der Waals surface area contributed by atoms with E-state index in [1.807, 2.05) is 0 Å². The van der Waals surface area contributed by atoms with Gasteiger partial charge in [-0.15, -0.1) is 11.3 Å². The van der Waals surface area contributed by atoms with Crippen molar-refractivity contribution in [2.24, 2.45) is 4.99 Å². The molecule has 0 aromatic carbocycles. The van der Waals surface area contributed by atoms with Gasteiger partial charge < -0.3 is 10.6 Å². The number of aliphatic imine (C=N–C) groups is 1. The second kappa shape index (κ2) is 9.23. The van der Waals surface area contributed by atoms with Gasteiger partial charge in [0.05, 0.1) is 17.2 Å². The molecule has 1 aliphatic rings. The summed E-state index contributed by atoms with van der Waals surface area (Å²) >= 11 is 1.80. The van der Waals surface area contributed by atoms with Crippen LogP contribution in [0.3, 0.4) is 0 Å². The lowest BCUT2D eigenvalue weighted by Gasteiger charge is -2.18. The quantitative estimate of drug-likeness (QED) is 0.536. The van der Waals surface area contributed by atoms with E-state index in [0.29, 0.717) is 0 Å². The molecule has 0 amide bonds. The van der Waals surface area contributed by atoms with Crippen LogP contribution in [0.25, 0.3) is 0 Å². The van der Waals surface area contributed by atoms with Gasteiger partial charge in [0.2, 0.25) is 0 Å². The molecule has 6 heteroatoms. The van der Waals surface area contributed by atoms with Gasteiger partial charge in [-0.2, -0.15) is 0 Å². The molecule has 0 atom stereocenters. The first-order valence-electron chi connectivity index (χ1n) is 8.83. The summed E-state index contributed by atoms with van der Waals surface area (Å²) in [6.07, 6.45) is 3.68. The van der Waals surface area contributed by atoms with Crippen LogP contribution in [-0.2, 0) is 6.42 Å². The average molecular weight is 338 g/mol. The molecule has 1 saturated carbocycles. The molecule has 0 saturated heterocycles. The molecule has 0 aliphatic heterocycles. The molecule has 1 aliphatic carbocycles. The minimum absolute atomic E-state index is 0.821. The molecule has 0 bridgehead atoms. The van der Waals surface area contributed by atoms with Crippen molar-refractivity contribution in [2.75, 3.05) is 32.7 Å². The first-order valence-corrected chi connectivity index (χ1v) is 9.64. The Morgan fingerprint density at radius 2 is 2.09 bits per heavy atom. The molecule has 5 nitrogen and oxygen atoms in total. The lowest BCUT2D eigenvalue weighted by molar-refractivity contribution is 0.286. The van der Waals surface area contributed by atoms with Gasteiger partial charge >= 0.3 is 0 Å². The summed E-state index contributed by atoms with van der Waals surface area (Å²) in [4.78, 5) is 13.1. The summed E-state index contributed by atoms with van der Waals surface area (Å²) in [7, 11) is 0. The first-order chi connectivity index (χ1) is 11.1. The fourth-order valence-corrected chi connectivity index (χ4v) is 3.54. The van der Waals surface area contributed by atoms with E-state index in [2.05, 4.69) is 48.2 Å². The molecular weight excluding hydrogens is 306 g/mol. The van der Waals surface area contributed by atoms with E-state index < -0.39 is 0 Å². The van der Waals surface area contributed by atoms with Crippen molar-refractivity contribution in [2.45, 2.75) is 53.0 Å². The van der Waals surface area contributed by atoms with Crippen molar-refractivity contribution in [1.29, 1.82) is 0 Å². The zero-order chi connectivity index (χ0) is 16.7. The molecule has 0 radical (unpaired) electrons. The van der Waals surface area contributed by atoms with E-state index in [9.17, 15) is 0 Å². The Morgan fingerprint density at radius 1 is 1.30 bits per heavy atom. The van der Waals surface area contributed by atoms with Crippen molar-refractivity contribution in [3.63, 3.8) is 0 Å². The molecule has 2 N–H and O–H groups in total. The summed E-state index contributed by atoms with van der Waals surface area (Å²) in [6.45, 7) is 13.4. The number of guanidine groups is 1. The molecule has 23 heavy (non-hydrogen) atoms. The zero-order valence-electron chi connectivity index (χ0n) is 15.0. The van der Waals surface area contributed by atoms with Crippen LogP contribution in [0.5, 0.6) is 0 Å². The molecule has 1 aromatic heterocycles. The number of likely N-dealkylation sites (N-methyl/N-ethyl adjacent to an activating group) is 1. The summed E-state index contributed by atoms with van der Waals surface area (Å²) < 4.78 is 0. The summed E-state index contributed by atoms with van der Waals surface area (Å²) in [6, 6.07) is 0.821. The molecular formula is C17H31N5S. The predicted molar refractivity (Wildman–Crippen MR) is 99.5 cm³/mol. The van der Waals surface area contributed by atoms with Gasteiger partial charge in [0, 0.05) is 37.0 Å². The van der Waals surface area contributed by atoms with E-state index in [-0.39, 0.29) is 0 Å². The Morgan fingerprint density at radius 3 is 2.65 bits per heavy atom. The van der Waals surface area contributed by atoms with E-state index in [1.54, 1.807) is 11.3 Å². The van der Waals surface area contributed by atoms with Gasteiger partial charge in [-0.25, -0.2) is 4.98 Å². The maximum atomic E-state index is 4.70. The third-order valence-corrected chi connectivity index (χ3v) is 5.31. The fraction of sp³-hybridized carbons (Fsp3) is 0.765. The minimum atomic E-state index is 0.821. The first kappa shape index (κ1) is 18.2. The molecule has 0 spiro atoms.